The largest absolute Gasteiger partial charge is 0.312 e. The van der Waals surface area contributed by atoms with Gasteiger partial charge < -0.3 is 5.32 Å². The van der Waals surface area contributed by atoms with Gasteiger partial charge in [-0.1, -0.05) is 0 Å². The third-order valence-electron chi connectivity index (χ3n) is 2.45. The monoisotopic (exact) mass is 215 g/mol. The molecule has 1 aromatic rings. The Balaban J connectivity index is 2.51. The van der Waals surface area contributed by atoms with E-state index in [2.05, 4.69) is 5.32 Å². The van der Waals surface area contributed by atoms with E-state index in [1.54, 1.807) is 11.8 Å². The number of halogens is 2. The third kappa shape index (κ3) is 1.64. The quantitative estimate of drug-likeness (QED) is 0.772. The lowest BCUT2D eigenvalue weighted by atomic mass is 10.0. The molecule has 0 radical (unpaired) electrons. The predicted octanol–water partition coefficient (Wildman–Crippen LogP) is 2.47. The van der Waals surface area contributed by atoms with E-state index in [4.69, 9.17) is 0 Å². The van der Waals surface area contributed by atoms with Gasteiger partial charge in [0.25, 0.3) is 0 Å². The molecule has 1 N–H and O–H groups in total. The number of hydrogen-bond donors (Lipinski definition) is 1. The number of rotatable bonds is 1. The molecule has 0 amide bonds. The predicted molar refractivity (Wildman–Crippen MR) is 54.3 cm³/mol. The van der Waals surface area contributed by atoms with Gasteiger partial charge in [0.05, 0.1) is 0 Å². The Kier molecular flexibility index (Phi) is 2.74. The summed E-state index contributed by atoms with van der Waals surface area (Å²) >= 11 is 1.67. The summed E-state index contributed by atoms with van der Waals surface area (Å²) in [6, 6.07) is 2.45. The van der Waals surface area contributed by atoms with E-state index in [0.29, 0.717) is 11.3 Å². The molecule has 14 heavy (non-hydrogen) atoms. The highest BCUT2D eigenvalue weighted by atomic mass is 32.2. The second kappa shape index (κ2) is 3.87. The Morgan fingerprint density at radius 1 is 1.43 bits per heavy atom. The summed E-state index contributed by atoms with van der Waals surface area (Å²) in [5.74, 6) is 0.590. The van der Waals surface area contributed by atoms with Crippen LogP contribution in [0, 0.1) is 11.6 Å². The van der Waals surface area contributed by atoms with Crippen molar-refractivity contribution in [3.8, 4) is 0 Å². The van der Waals surface area contributed by atoms with Gasteiger partial charge in [-0.3, -0.25) is 0 Å². The van der Waals surface area contributed by atoms with Gasteiger partial charge in [-0.05, 0) is 18.7 Å². The highest BCUT2D eigenvalue weighted by Crippen LogP contribution is 2.33. The lowest BCUT2D eigenvalue weighted by molar-refractivity contribution is 0.556. The fourth-order valence-electron chi connectivity index (χ4n) is 1.69. The van der Waals surface area contributed by atoms with Gasteiger partial charge in [-0.2, -0.15) is 11.8 Å². The van der Waals surface area contributed by atoms with Crippen LogP contribution < -0.4 is 5.32 Å². The van der Waals surface area contributed by atoms with Gasteiger partial charge >= 0.3 is 0 Å². The molecule has 1 aromatic carbocycles. The summed E-state index contributed by atoms with van der Waals surface area (Å²) in [6.07, 6.45) is 0. The lowest BCUT2D eigenvalue weighted by Crippen LogP contribution is -2.24. The molecule has 1 unspecified atom stereocenters. The van der Waals surface area contributed by atoms with Crippen LogP contribution in [0.5, 0.6) is 0 Å². The first-order chi connectivity index (χ1) is 6.72. The highest BCUT2D eigenvalue weighted by Gasteiger charge is 2.22. The van der Waals surface area contributed by atoms with Gasteiger partial charge in [0.1, 0.15) is 11.6 Å². The summed E-state index contributed by atoms with van der Waals surface area (Å²) in [5.41, 5.74) is 1.41. The summed E-state index contributed by atoms with van der Waals surface area (Å²) in [7, 11) is 1.81. The fraction of sp³-hybridized carbons (Fsp3) is 0.400. The lowest BCUT2D eigenvalue weighted by Gasteiger charge is -2.25. The zero-order valence-electron chi connectivity index (χ0n) is 7.81. The number of thioether (sulfide) groups is 1. The van der Waals surface area contributed by atoms with Crippen molar-refractivity contribution in [3.63, 3.8) is 0 Å². The Morgan fingerprint density at radius 3 is 2.93 bits per heavy atom. The maximum Gasteiger partial charge on any atom is 0.130 e. The van der Waals surface area contributed by atoms with E-state index in [1.807, 2.05) is 7.05 Å². The molecule has 0 spiro atoms. The van der Waals surface area contributed by atoms with Crippen LogP contribution in [0.15, 0.2) is 12.1 Å². The Labute approximate surface area is 85.9 Å². The van der Waals surface area contributed by atoms with Crippen molar-refractivity contribution >= 4 is 11.8 Å². The topological polar surface area (TPSA) is 12.0 Å². The highest BCUT2D eigenvalue weighted by molar-refractivity contribution is 7.98. The standard InChI is InChI=1S/C10H11F2NS/c1-13-10-5-14-4-8-7(10)2-6(11)3-9(8)12/h2-3,10,13H,4-5H2,1H3. The Hall–Kier alpha value is -0.610. The molecule has 0 fully saturated rings. The van der Waals surface area contributed by atoms with Gasteiger partial charge in [0.2, 0.25) is 0 Å². The van der Waals surface area contributed by atoms with E-state index in [0.717, 1.165) is 17.4 Å². The molecule has 76 valence electrons. The molecule has 0 aromatic heterocycles. The summed E-state index contributed by atoms with van der Waals surface area (Å²) < 4.78 is 26.4. The first-order valence-corrected chi connectivity index (χ1v) is 5.60. The maximum absolute atomic E-state index is 13.4. The van der Waals surface area contributed by atoms with Crippen LogP contribution in [0.4, 0.5) is 8.78 Å². The van der Waals surface area contributed by atoms with E-state index in [-0.39, 0.29) is 6.04 Å². The molecule has 1 aliphatic rings. The summed E-state index contributed by atoms with van der Waals surface area (Å²) in [6.45, 7) is 0. The van der Waals surface area contributed by atoms with Crippen LogP contribution in [0.2, 0.25) is 0 Å². The molecule has 0 aliphatic carbocycles. The van der Waals surface area contributed by atoms with Crippen LogP contribution >= 0.6 is 11.8 Å². The number of fused-ring (bicyclic) bond motifs is 1. The van der Waals surface area contributed by atoms with Gasteiger partial charge in [0, 0.05) is 29.2 Å². The second-order valence-electron chi connectivity index (χ2n) is 3.31. The van der Waals surface area contributed by atoms with Crippen LogP contribution in [-0.2, 0) is 5.75 Å². The van der Waals surface area contributed by atoms with Gasteiger partial charge in [-0.25, -0.2) is 8.78 Å². The van der Waals surface area contributed by atoms with Crippen LogP contribution in [0.1, 0.15) is 17.2 Å². The van der Waals surface area contributed by atoms with Gasteiger partial charge in [-0.15, -0.1) is 0 Å². The molecule has 2 rings (SSSR count). The smallest absolute Gasteiger partial charge is 0.130 e. The molecule has 0 bridgehead atoms. The van der Waals surface area contributed by atoms with E-state index in [1.165, 1.54) is 6.07 Å². The van der Waals surface area contributed by atoms with Crippen molar-refractivity contribution in [1.82, 2.24) is 5.32 Å². The Bertz CT molecular complexity index is 354. The van der Waals surface area contributed by atoms with Crippen LogP contribution in [-0.4, -0.2) is 12.8 Å². The Morgan fingerprint density at radius 2 is 2.21 bits per heavy atom. The van der Waals surface area contributed by atoms with E-state index < -0.39 is 11.6 Å². The minimum atomic E-state index is -0.492. The average Bonchev–Trinajstić information content (AvgIpc) is 2.17. The first-order valence-electron chi connectivity index (χ1n) is 4.45. The summed E-state index contributed by atoms with van der Waals surface area (Å²) in [4.78, 5) is 0. The maximum atomic E-state index is 13.4. The molecule has 1 atom stereocenters. The molecule has 1 nitrogen and oxygen atoms in total. The molecule has 4 heteroatoms. The SMILES string of the molecule is CNC1CSCc2c(F)cc(F)cc21. The van der Waals surface area contributed by atoms with E-state index in [9.17, 15) is 8.78 Å². The molecule has 0 saturated heterocycles. The average molecular weight is 215 g/mol. The normalized spacial score (nSPS) is 20.6. The first kappa shape index (κ1) is 9.93. The minimum Gasteiger partial charge on any atom is -0.312 e. The van der Waals surface area contributed by atoms with Crippen LogP contribution in [0.3, 0.4) is 0 Å². The minimum absolute atomic E-state index is 0.0638. The zero-order valence-corrected chi connectivity index (χ0v) is 8.63. The fourth-order valence-corrected chi connectivity index (χ4v) is 2.90. The van der Waals surface area contributed by atoms with Gasteiger partial charge in [0.15, 0.2) is 0 Å². The molecular weight excluding hydrogens is 204 g/mol. The third-order valence-corrected chi connectivity index (χ3v) is 3.51. The number of benzene rings is 1. The number of nitrogens with one attached hydrogen (secondary N) is 1. The van der Waals surface area contributed by atoms with Crippen molar-refractivity contribution in [2.75, 3.05) is 12.8 Å². The molecular formula is C10H11F2NS. The molecule has 0 saturated carbocycles. The summed E-state index contributed by atoms with van der Waals surface area (Å²) in [5, 5.41) is 3.06. The van der Waals surface area contributed by atoms with Crippen molar-refractivity contribution in [2.24, 2.45) is 0 Å². The van der Waals surface area contributed by atoms with Crippen molar-refractivity contribution in [1.29, 1.82) is 0 Å². The van der Waals surface area contributed by atoms with E-state index >= 15 is 0 Å². The zero-order chi connectivity index (χ0) is 10.1. The number of hydrogen-bond acceptors (Lipinski definition) is 2. The molecule has 1 heterocycles. The van der Waals surface area contributed by atoms with Crippen molar-refractivity contribution < 1.29 is 8.78 Å². The van der Waals surface area contributed by atoms with Crippen molar-refractivity contribution in [3.05, 3.63) is 34.9 Å². The van der Waals surface area contributed by atoms with Crippen molar-refractivity contribution in [2.45, 2.75) is 11.8 Å². The van der Waals surface area contributed by atoms with Crippen LogP contribution in [0.25, 0.3) is 0 Å². The molecule has 1 aliphatic heterocycles. The second-order valence-corrected chi connectivity index (χ2v) is 4.34.